The van der Waals surface area contributed by atoms with Crippen LogP contribution in [0.3, 0.4) is 0 Å². The molecule has 0 bridgehead atoms. The molecule has 128 valence electrons. The molecule has 2 rings (SSSR count). The van der Waals surface area contributed by atoms with Crippen LogP contribution in [0.1, 0.15) is 38.8 Å². The van der Waals surface area contributed by atoms with Gasteiger partial charge in [0.25, 0.3) is 0 Å². The summed E-state index contributed by atoms with van der Waals surface area (Å²) < 4.78 is 0. The number of anilines is 2. The van der Waals surface area contributed by atoms with Crippen LogP contribution in [0, 0.1) is 5.41 Å². The first kappa shape index (κ1) is 18.1. The predicted octanol–water partition coefficient (Wildman–Crippen LogP) is 5.10. The van der Waals surface area contributed by atoms with Gasteiger partial charge in [0.15, 0.2) is 0 Å². The highest BCUT2D eigenvalue weighted by molar-refractivity contribution is 6.05. The first-order valence-corrected chi connectivity index (χ1v) is 8.96. The van der Waals surface area contributed by atoms with Crippen molar-refractivity contribution in [3.8, 4) is 0 Å². The summed E-state index contributed by atoms with van der Waals surface area (Å²) in [7, 11) is 0. The zero-order chi connectivity index (χ0) is 17.5. The van der Waals surface area contributed by atoms with E-state index in [0.29, 0.717) is 5.96 Å². The van der Waals surface area contributed by atoms with Gasteiger partial charge in [0.05, 0.1) is 0 Å². The lowest BCUT2D eigenvalue weighted by molar-refractivity contribution is 0.954. The quantitative estimate of drug-likeness (QED) is 0.592. The molecule has 0 aromatic heterocycles. The fourth-order valence-corrected chi connectivity index (χ4v) is 2.94. The smallest absolute Gasteiger partial charge is 0.202 e. The number of aryl methyl sites for hydroxylation is 2. The summed E-state index contributed by atoms with van der Waals surface area (Å²) in [6.07, 6.45) is 2.02. The molecule has 0 spiro atoms. The fourth-order valence-electron chi connectivity index (χ4n) is 2.94. The fraction of sp³-hybridized carbons (Fsp3) is 0.381. The Bertz CT molecular complexity index is 621. The molecule has 0 radical (unpaired) electrons. The third-order valence-electron chi connectivity index (χ3n) is 4.40. The van der Waals surface area contributed by atoms with Crippen LogP contribution in [0.15, 0.2) is 48.5 Å². The van der Waals surface area contributed by atoms with E-state index in [4.69, 9.17) is 5.41 Å². The Morgan fingerprint density at radius 1 is 0.750 bits per heavy atom. The molecule has 3 nitrogen and oxygen atoms in total. The lowest BCUT2D eigenvalue weighted by Crippen LogP contribution is -2.44. The molecule has 2 aromatic carbocycles. The molecular formula is C21H29N3. The third-order valence-corrected chi connectivity index (χ3v) is 4.40. The maximum atomic E-state index is 8.79. The highest BCUT2D eigenvalue weighted by Crippen LogP contribution is 2.22. The standard InChI is InChI=1S/C21H29N3/c1-5-17-11-9-13-19(15-17)23(7-3)21(22)24(8-4)20-14-10-12-18(6-2)16-20/h9-16,22H,5-8H2,1-4H3. The third kappa shape index (κ3) is 3.97. The first-order chi connectivity index (χ1) is 11.6. The van der Waals surface area contributed by atoms with Crippen LogP contribution in [0.2, 0.25) is 0 Å². The average molecular weight is 323 g/mol. The minimum atomic E-state index is 0.529. The van der Waals surface area contributed by atoms with Gasteiger partial charge in [-0.15, -0.1) is 0 Å². The van der Waals surface area contributed by atoms with E-state index in [9.17, 15) is 0 Å². The van der Waals surface area contributed by atoms with Gasteiger partial charge in [0, 0.05) is 24.5 Å². The Hall–Kier alpha value is -2.29. The molecular weight excluding hydrogens is 294 g/mol. The van der Waals surface area contributed by atoms with Gasteiger partial charge in [-0.2, -0.15) is 0 Å². The van der Waals surface area contributed by atoms with Crippen LogP contribution in [-0.2, 0) is 12.8 Å². The highest BCUT2D eigenvalue weighted by Gasteiger charge is 2.18. The maximum Gasteiger partial charge on any atom is 0.202 e. The molecule has 3 heteroatoms. The van der Waals surface area contributed by atoms with E-state index >= 15 is 0 Å². The van der Waals surface area contributed by atoms with Gasteiger partial charge in [0.1, 0.15) is 0 Å². The SMILES string of the molecule is CCc1cccc(N(CC)C(=N)N(CC)c2cccc(CC)c2)c1. The molecule has 0 atom stereocenters. The molecule has 2 aromatic rings. The first-order valence-electron chi connectivity index (χ1n) is 8.96. The van der Waals surface area contributed by atoms with E-state index in [-0.39, 0.29) is 0 Å². The number of rotatable bonds is 6. The molecule has 0 aliphatic carbocycles. The summed E-state index contributed by atoms with van der Waals surface area (Å²) in [5.74, 6) is 0.529. The molecule has 0 fully saturated rings. The van der Waals surface area contributed by atoms with Crippen molar-refractivity contribution in [2.45, 2.75) is 40.5 Å². The van der Waals surface area contributed by atoms with Crippen molar-refractivity contribution in [2.24, 2.45) is 0 Å². The van der Waals surface area contributed by atoms with Crippen molar-refractivity contribution in [2.75, 3.05) is 22.9 Å². The second kappa shape index (κ2) is 8.53. The minimum Gasteiger partial charge on any atom is -0.313 e. The Morgan fingerprint density at radius 3 is 1.50 bits per heavy atom. The van der Waals surface area contributed by atoms with Crippen LogP contribution in [0.25, 0.3) is 0 Å². The van der Waals surface area contributed by atoms with Gasteiger partial charge < -0.3 is 9.80 Å². The number of hydrogen-bond donors (Lipinski definition) is 1. The molecule has 0 amide bonds. The second-order valence-electron chi connectivity index (χ2n) is 5.86. The number of guanidine groups is 1. The molecule has 24 heavy (non-hydrogen) atoms. The van der Waals surface area contributed by atoms with E-state index in [2.05, 4.69) is 86.0 Å². The van der Waals surface area contributed by atoms with Gasteiger partial charge in [-0.3, -0.25) is 5.41 Å². The monoisotopic (exact) mass is 323 g/mol. The van der Waals surface area contributed by atoms with Crippen LogP contribution >= 0.6 is 0 Å². The predicted molar refractivity (Wildman–Crippen MR) is 105 cm³/mol. The summed E-state index contributed by atoms with van der Waals surface area (Å²) in [5.41, 5.74) is 4.78. The molecule has 0 aliphatic rings. The second-order valence-corrected chi connectivity index (χ2v) is 5.86. The minimum absolute atomic E-state index is 0.529. The van der Waals surface area contributed by atoms with Crippen molar-refractivity contribution in [3.05, 3.63) is 59.7 Å². The summed E-state index contributed by atoms with van der Waals surface area (Å²) in [6, 6.07) is 17.0. The molecule has 0 saturated carbocycles. The zero-order valence-corrected chi connectivity index (χ0v) is 15.3. The van der Waals surface area contributed by atoms with Crippen molar-refractivity contribution in [1.82, 2.24) is 0 Å². The van der Waals surface area contributed by atoms with E-state index in [1.165, 1.54) is 11.1 Å². The Labute approximate surface area is 146 Å². The topological polar surface area (TPSA) is 30.3 Å². The largest absolute Gasteiger partial charge is 0.313 e. The zero-order valence-electron chi connectivity index (χ0n) is 15.3. The Balaban J connectivity index is 2.33. The maximum absolute atomic E-state index is 8.79. The van der Waals surface area contributed by atoms with Gasteiger partial charge in [-0.1, -0.05) is 38.1 Å². The molecule has 0 heterocycles. The number of hydrogen-bond acceptors (Lipinski definition) is 1. The van der Waals surface area contributed by atoms with Gasteiger partial charge >= 0.3 is 0 Å². The van der Waals surface area contributed by atoms with Crippen LogP contribution in [0.4, 0.5) is 11.4 Å². The summed E-state index contributed by atoms with van der Waals surface area (Å²) in [6.45, 7) is 10.1. The van der Waals surface area contributed by atoms with Crippen molar-refractivity contribution < 1.29 is 0 Å². The van der Waals surface area contributed by atoms with E-state index in [1.807, 2.05) is 0 Å². The molecule has 0 aliphatic heterocycles. The Morgan fingerprint density at radius 2 is 1.17 bits per heavy atom. The van der Waals surface area contributed by atoms with Crippen molar-refractivity contribution in [3.63, 3.8) is 0 Å². The van der Waals surface area contributed by atoms with Crippen LogP contribution < -0.4 is 9.80 Å². The van der Waals surface area contributed by atoms with Crippen molar-refractivity contribution >= 4 is 17.3 Å². The van der Waals surface area contributed by atoms with E-state index < -0.39 is 0 Å². The molecule has 0 unspecified atom stereocenters. The molecule has 0 saturated heterocycles. The van der Waals surface area contributed by atoms with Gasteiger partial charge in [-0.25, -0.2) is 0 Å². The number of nitrogens with one attached hydrogen (secondary N) is 1. The normalized spacial score (nSPS) is 10.5. The lowest BCUT2D eigenvalue weighted by Gasteiger charge is -2.32. The number of nitrogens with zero attached hydrogens (tertiary/aromatic N) is 2. The van der Waals surface area contributed by atoms with Crippen LogP contribution in [-0.4, -0.2) is 19.0 Å². The van der Waals surface area contributed by atoms with Crippen LogP contribution in [0.5, 0.6) is 0 Å². The summed E-state index contributed by atoms with van der Waals surface area (Å²) in [4.78, 5) is 4.14. The lowest BCUT2D eigenvalue weighted by atomic mass is 10.1. The van der Waals surface area contributed by atoms with Gasteiger partial charge in [-0.05, 0) is 62.1 Å². The van der Waals surface area contributed by atoms with E-state index in [1.54, 1.807) is 0 Å². The summed E-state index contributed by atoms with van der Waals surface area (Å²) in [5, 5.41) is 8.79. The van der Waals surface area contributed by atoms with Crippen molar-refractivity contribution in [1.29, 1.82) is 5.41 Å². The number of benzene rings is 2. The highest BCUT2D eigenvalue weighted by atomic mass is 15.4. The van der Waals surface area contributed by atoms with Gasteiger partial charge in [0.2, 0.25) is 5.96 Å². The average Bonchev–Trinajstić information content (AvgIpc) is 2.63. The summed E-state index contributed by atoms with van der Waals surface area (Å²) >= 11 is 0. The van der Waals surface area contributed by atoms with E-state index in [0.717, 1.165) is 37.3 Å². The molecule has 1 N–H and O–H groups in total. The Kier molecular flexibility index (Phi) is 6.42.